The van der Waals surface area contributed by atoms with Crippen molar-refractivity contribution in [1.82, 2.24) is 4.98 Å². The van der Waals surface area contributed by atoms with Gasteiger partial charge in [-0.3, -0.25) is 0 Å². The molecule has 0 radical (unpaired) electrons. The second kappa shape index (κ2) is 8.78. The Morgan fingerprint density at radius 2 is 1.34 bits per heavy atom. The Balaban J connectivity index is 1.42. The van der Waals surface area contributed by atoms with Crippen LogP contribution < -0.4 is 10.6 Å². The van der Waals surface area contributed by atoms with Gasteiger partial charge in [-0.25, -0.2) is 4.98 Å². The Labute approximate surface area is 196 Å². The molecule has 2 aromatic carbocycles. The van der Waals surface area contributed by atoms with Crippen molar-refractivity contribution in [3.05, 3.63) is 64.3 Å². The molecule has 1 heterocycles. The summed E-state index contributed by atoms with van der Waals surface area (Å²) in [6.45, 7) is 8.61. The molecule has 0 unspecified atom stereocenters. The Hall–Kier alpha value is -2.52. The Morgan fingerprint density at radius 1 is 0.750 bits per heavy atom. The first-order valence-corrected chi connectivity index (χ1v) is 12.2. The average Bonchev–Trinajstić information content (AvgIpc) is 3.72. The Bertz CT molecular complexity index is 991. The van der Waals surface area contributed by atoms with E-state index in [1.807, 2.05) is 6.20 Å². The molecule has 2 N–H and O–H groups in total. The van der Waals surface area contributed by atoms with Gasteiger partial charge in [0.25, 0.3) is 0 Å². The van der Waals surface area contributed by atoms with Crippen LogP contribution in [0.4, 0.5) is 11.5 Å². The summed E-state index contributed by atoms with van der Waals surface area (Å²) in [5.41, 5.74) is 9.42. The number of rotatable bonds is 8. The molecule has 0 bridgehead atoms. The second-order valence-electron chi connectivity index (χ2n) is 9.60. The fraction of sp³-hybridized carbons (Fsp3) is 0.393. The van der Waals surface area contributed by atoms with E-state index in [1.54, 1.807) is 0 Å². The molecule has 0 aliphatic heterocycles. The van der Waals surface area contributed by atoms with Crippen LogP contribution in [0.15, 0.2) is 42.6 Å². The van der Waals surface area contributed by atoms with Crippen LogP contribution in [0, 0.1) is 32.6 Å². The summed E-state index contributed by atoms with van der Waals surface area (Å²) >= 11 is 6.98. The lowest BCUT2D eigenvalue weighted by atomic mass is 9.87. The van der Waals surface area contributed by atoms with Crippen LogP contribution in [0.2, 0.25) is 5.02 Å². The summed E-state index contributed by atoms with van der Waals surface area (Å²) in [4.78, 5) is 4.64. The molecule has 2 saturated carbocycles. The van der Waals surface area contributed by atoms with Crippen LogP contribution in [0.3, 0.4) is 0 Å². The third-order valence-electron chi connectivity index (χ3n) is 7.02. The number of benzene rings is 2. The molecule has 166 valence electrons. The van der Waals surface area contributed by atoms with Gasteiger partial charge in [-0.15, -0.1) is 0 Å². The minimum atomic E-state index is 0.819. The molecule has 0 saturated heterocycles. The van der Waals surface area contributed by atoms with Gasteiger partial charge in [-0.05, 0) is 110 Å². The summed E-state index contributed by atoms with van der Waals surface area (Å²) in [5.74, 6) is 2.63. The smallest absolute Gasteiger partial charge is 0.125 e. The third kappa shape index (κ3) is 4.49. The van der Waals surface area contributed by atoms with E-state index < -0.39 is 0 Å². The zero-order chi connectivity index (χ0) is 22.2. The van der Waals surface area contributed by atoms with Crippen molar-refractivity contribution in [2.45, 2.75) is 46.5 Å². The standard InChI is InChI=1S/C28H32ClN3/c1-17-18(2)27(23-10-13-25(32-16-23)31-15-21-6-7-21)28(29)19(3)26(17)22-8-11-24(12-9-22)30-14-20-4-5-20/h8-13,16,20-21,30H,4-7,14-15H2,1-3H3,(H,31,32). The molecule has 4 heteroatoms. The van der Waals surface area contributed by atoms with Crippen LogP contribution in [0.5, 0.6) is 0 Å². The molecule has 0 spiro atoms. The van der Waals surface area contributed by atoms with Crippen molar-refractivity contribution in [2.75, 3.05) is 23.7 Å². The van der Waals surface area contributed by atoms with Gasteiger partial charge in [0, 0.05) is 36.1 Å². The largest absolute Gasteiger partial charge is 0.385 e. The molecule has 1 aromatic heterocycles. The van der Waals surface area contributed by atoms with Gasteiger partial charge in [0.2, 0.25) is 0 Å². The number of hydrogen-bond donors (Lipinski definition) is 2. The lowest BCUT2D eigenvalue weighted by molar-refractivity contribution is 0.883. The van der Waals surface area contributed by atoms with E-state index in [0.717, 1.165) is 52.5 Å². The molecule has 2 aliphatic carbocycles. The minimum absolute atomic E-state index is 0.819. The minimum Gasteiger partial charge on any atom is -0.385 e. The maximum Gasteiger partial charge on any atom is 0.125 e. The van der Waals surface area contributed by atoms with Gasteiger partial charge in [0.1, 0.15) is 5.82 Å². The summed E-state index contributed by atoms with van der Waals surface area (Å²) in [7, 11) is 0. The lowest BCUT2D eigenvalue weighted by Gasteiger charge is -2.20. The topological polar surface area (TPSA) is 37.0 Å². The third-order valence-corrected chi connectivity index (χ3v) is 7.49. The quantitative estimate of drug-likeness (QED) is 0.374. The van der Waals surface area contributed by atoms with Crippen LogP contribution >= 0.6 is 11.6 Å². The van der Waals surface area contributed by atoms with Crippen molar-refractivity contribution in [2.24, 2.45) is 11.8 Å². The molecule has 5 rings (SSSR count). The maximum absolute atomic E-state index is 6.98. The molecule has 3 aromatic rings. The number of hydrogen-bond acceptors (Lipinski definition) is 3. The van der Waals surface area contributed by atoms with E-state index in [1.165, 1.54) is 53.6 Å². The first-order valence-electron chi connectivity index (χ1n) is 11.8. The molecule has 0 amide bonds. The maximum atomic E-state index is 6.98. The van der Waals surface area contributed by atoms with Crippen LogP contribution in [-0.4, -0.2) is 18.1 Å². The highest BCUT2D eigenvalue weighted by molar-refractivity contribution is 6.35. The molecule has 32 heavy (non-hydrogen) atoms. The van der Waals surface area contributed by atoms with Gasteiger partial charge in [0.05, 0.1) is 5.02 Å². The monoisotopic (exact) mass is 445 g/mol. The molecule has 2 fully saturated rings. The second-order valence-corrected chi connectivity index (χ2v) is 9.97. The normalized spacial score (nSPS) is 15.6. The summed E-state index contributed by atoms with van der Waals surface area (Å²) in [5, 5.41) is 7.81. The van der Waals surface area contributed by atoms with E-state index >= 15 is 0 Å². The average molecular weight is 446 g/mol. The highest BCUT2D eigenvalue weighted by Gasteiger charge is 2.22. The number of nitrogens with one attached hydrogen (secondary N) is 2. The number of pyridine rings is 1. The van der Waals surface area contributed by atoms with Crippen molar-refractivity contribution < 1.29 is 0 Å². The van der Waals surface area contributed by atoms with Crippen LogP contribution in [0.1, 0.15) is 42.4 Å². The SMILES string of the molecule is Cc1c(C)c(-c2ccc(NCC3CC3)nc2)c(Cl)c(C)c1-c1ccc(NCC2CC2)cc1. The van der Waals surface area contributed by atoms with E-state index in [4.69, 9.17) is 11.6 Å². The molecular weight excluding hydrogens is 414 g/mol. The van der Waals surface area contributed by atoms with Crippen molar-refractivity contribution in [3.63, 3.8) is 0 Å². The highest BCUT2D eigenvalue weighted by atomic mass is 35.5. The summed E-state index contributed by atoms with van der Waals surface area (Å²) in [6.07, 6.45) is 7.35. The van der Waals surface area contributed by atoms with Crippen LogP contribution in [-0.2, 0) is 0 Å². The molecule has 2 aliphatic rings. The van der Waals surface area contributed by atoms with Gasteiger partial charge in [-0.1, -0.05) is 23.7 Å². The van der Waals surface area contributed by atoms with Gasteiger partial charge in [0.15, 0.2) is 0 Å². The van der Waals surface area contributed by atoms with Gasteiger partial charge < -0.3 is 10.6 Å². The Morgan fingerprint density at radius 3 is 1.94 bits per heavy atom. The van der Waals surface area contributed by atoms with E-state index in [9.17, 15) is 0 Å². The van der Waals surface area contributed by atoms with Crippen molar-refractivity contribution in [1.29, 1.82) is 0 Å². The summed E-state index contributed by atoms with van der Waals surface area (Å²) < 4.78 is 0. The zero-order valence-electron chi connectivity index (χ0n) is 19.3. The first kappa shape index (κ1) is 21.3. The molecule has 0 atom stereocenters. The fourth-order valence-corrected chi connectivity index (χ4v) is 4.80. The van der Waals surface area contributed by atoms with Crippen LogP contribution in [0.25, 0.3) is 22.3 Å². The predicted octanol–water partition coefficient (Wildman–Crippen LogP) is 7.64. The van der Waals surface area contributed by atoms with Gasteiger partial charge in [-0.2, -0.15) is 0 Å². The Kier molecular flexibility index (Phi) is 5.86. The molecular formula is C28H32ClN3. The number of halogens is 1. The number of anilines is 2. The molecule has 3 nitrogen and oxygen atoms in total. The predicted molar refractivity (Wildman–Crippen MR) is 137 cm³/mol. The first-order chi connectivity index (χ1) is 15.5. The van der Waals surface area contributed by atoms with E-state index in [0.29, 0.717) is 0 Å². The number of nitrogens with zero attached hydrogens (tertiary/aromatic N) is 1. The van der Waals surface area contributed by atoms with Crippen molar-refractivity contribution in [3.8, 4) is 22.3 Å². The van der Waals surface area contributed by atoms with E-state index in [-0.39, 0.29) is 0 Å². The highest BCUT2D eigenvalue weighted by Crippen LogP contribution is 2.42. The number of aromatic nitrogens is 1. The fourth-order valence-electron chi connectivity index (χ4n) is 4.45. The van der Waals surface area contributed by atoms with Crippen molar-refractivity contribution >= 4 is 23.1 Å². The van der Waals surface area contributed by atoms with Gasteiger partial charge >= 0.3 is 0 Å². The lowest BCUT2D eigenvalue weighted by Crippen LogP contribution is -2.04. The zero-order valence-corrected chi connectivity index (χ0v) is 20.0. The summed E-state index contributed by atoms with van der Waals surface area (Å²) in [6, 6.07) is 13.0. The van der Waals surface area contributed by atoms with E-state index in [2.05, 4.69) is 72.8 Å².